The molecule has 1 aliphatic rings. The number of anilines is 3. The minimum Gasteiger partial charge on any atom is -0.490 e. The van der Waals surface area contributed by atoms with Gasteiger partial charge in [0, 0.05) is 43.1 Å². The zero-order valence-electron chi connectivity index (χ0n) is 19.2. The molecule has 0 aromatic heterocycles. The molecule has 3 N–H and O–H groups in total. The molecule has 1 fully saturated rings. The van der Waals surface area contributed by atoms with E-state index in [1.54, 1.807) is 6.92 Å². The number of urea groups is 1. The van der Waals surface area contributed by atoms with E-state index in [-0.39, 0.29) is 24.1 Å². The van der Waals surface area contributed by atoms with Gasteiger partial charge in [0.15, 0.2) is 0 Å². The van der Waals surface area contributed by atoms with Gasteiger partial charge in [0.25, 0.3) is 0 Å². The summed E-state index contributed by atoms with van der Waals surface area (Å²) in [6.45, 7) is 7.52. The molecule has 1 aliphatic heterocycles. The maximum atomic E-state index is 12.4. The lowest BCUT2D eigenvalue weighted by Gasteiger charge is -2.19. The number of carbonyl (C=O) groups excluding carboxylic acids is 2. The zero-order chi connectivity index (χ0) is 22.9. The van der Waals surface area contributed by atoms with E-state index >= 15 is 0 Å². The molecular weight excluding hydrogens is 404 g/mol. The number of ether oxygens (including phenoxy) is 1. The molecule has 2 aromatic rings. The fourth-order valence-electron chi connectivity index (χ4n) is 3.93. The molecular formula is C25H34N4O3. The highest BCUT2D eigenvalue weighted by atomic mass is 16.5. The van der Waals surface area contributed by atoms with Crippen LogP contribution in [0.1, 0.15) is 46.5 Å². The highest BCUT2D eigenvalue weighted by Crippen LogP contribution is 2.23. The molecule has 0 saturated carbocycles. The lowest BCUT2D eigenvalue weighted by molar-refractivity contribution is -0.119. The Kier molecular flexibility index (Phi) is 8.36. The largest absolute Gasteiger partial charge is 0.490 e. The van der Waals surface area contributed by atoms with Crippen LogP contribution in [-0.4, -0.2) is 37.2 Å². The first-order chi connectivity index (χ1) is 15.5. The van der Waals surface area contributed by atoms with E-state index in [9.17, 15) is 9.59 Å². The fourth-order valence-corrected chi connectivity index (χ4v) is 3.93. The van der Waals surface area contributed by atoms with E-state index < -0.39 is 0 Å². The quantitative estimate of drug-likeness (QED) is 0.514. The van der Waals surface area contributed by atoms with Gasteiger partial charge in [-0.2, -0.15) is 0 Å². The third-order valence-corrected chi connectivity index (χ3v) is 5.57. The number of hydrogen-bond donors (Lipinski definition) is 3. The van der Waals surface area contributed by atoms with Crippen molar-refractivity contribution in [1.82, 2.24) is 5.32 Å². The summed E-state index contributed by atoms with van der Waals surface area (Å²) in [7, 11) is 0. The summed E-state index contributed by atoms with van der Waals surface area (Å²) in [6.07, 6.45) is 4.26. The van der Waals surface area contributed by atoms with Gasteiger partial charge in [-0.15, -0.1) is 0 Å². The molecule has 2 unspecified atom stereocenters. The van der Waals surface area contributed by atoms with Crippen LogP contribution in [-0.2, 0) is 4.79 Å². The third-order valence-electron chi connectivity index (χ3n) is 5.57. The Hall–Kier alpha value is -3.22. The first-order valence-electron chi connectivity index (χ1n) is 11.4. The molecule has 32 heavy (non-hydrogen) atoms. The predicted octanol–water partition coefficient (Wildman–Crippen LogP) is 5.00. The minimum absolute atomic E-state index is 0.00576. The molecule has 3 amide bonds. The number of rotatable bonds is 9. The monoisotopic (exact) mass is 438 g/mol. The van der Waals surface area contributed by atoms with Gasteiger partial charge >= 0.3 is 6.03 Å². The minimum atomic E-state index is -0.296. The van der Waals surface area contributed by atoms with Crippen LogP contribution in [0.4, 0.5) is 21.9 Å². The number of nitrogens with one attached hydrogen (secondary N) is 3. The average Bonchev–Trinajstić information content (AvgIpc) is 3.23. The van der Waals surface area contributed by atoms with Gasteiger partial charge in [0.1, 0.15) is 5.75 Å². The van der Waals surface area contributed by atoms with E-state index in [1.165, 1.54) is 0 Å². The molecule has 0 aliphatic carbocycles. The van der Waals surface area contributed by atoms with Gasteiger partial charge in [0.2, 0.25) is 5.91 Å². The fraction of sp³-hybridized carbons (Fsp3) is 0.440. The Balaban J connectivity index is 1.48. The summed E-state index contributed by atoms with van der Waals surface area (Å²) >= 11 is 0. The number of hydrogen-bond acceptors (Lipinski definition) is 4. The molecule has 0 radical (unpaired) electrons. The van der Waals surface area contributed by atoms with E-state index in [2.05, 4.69) is 34.7 Å². The second-order valence-corrected chi connectivity index (χ2v) is 8.22. The maximum absolute atomic E-state index is 12.4. The molecule has 7 heteroatoms. The molecule has 0 spiro atoms. The Morgan fingerprint density at radius 2 is 1.66 bits per heavy atom. The van der Waals surface area contributed by atoms with Crippen molar-refractivity contribution >= 4 is 29.0 Å². The van der Waals surface area contributed by atoms with Crippen molar-refractivity contribution in [1.29, 1.82) is 0 Å². The van der Waals surface area contributed by atoms with Crippen molar-refractivity contribution in [2.45, 2.75) is 58.6 Å². The lowest BCUT2D eigenvalue weighted by atomic mass is 10.1. The van der Waals surface area contributed by atoms with Gasteiger partial charge in [-0.05, 0) is 67.8 Å². The van der Waals surface area contributed by atoms with Crippen molar-refractivity contribution in [3.05, 3.63) is 48.5 Å². The Bertz CT molecular complexity index is 883. The second-order valence-electron chi connectivity index (χ2n) is 8.22. The van der Waals surface area contributed by atoms with Crippen molar-refractivity contribution in [3.63, 3.8) is 0 Å². The SMILES string of the molecule is CCCC(CC)Oc1ccc(NC(=O)Nc2ccc(N3CCC(NC(C)=O)C3)cc2)cc1. The molecule has 3 rings (SSSR count). The van der Waals surface area contributed by atoms with E-state index in [1.807, 2.05) is 48.5 Å². The summed E-state index contributed by atoms with van der Waals surface area (Å²) in [5.74, 6) is 0.820. The molecule has 0 bridgehead atoms. The summed E-state index contributed by atoms with van der Waals surface area (Å²) in [4.78, 5) is 25.8. The van der Waals surface area contributed by atoms with Crippen molar-refractivity contribution < 1.29 is 14.3 Å². The summed E-state index contributed by atoms with van der Waals surface area (Å²) < 4.78 is 5.99. The molecule has 2 atom stereocenters. The Morgan fingerprint density at radius 1 is 1.03 bits per heavy atom. The van der Waals surface area contributed by atoms with Gasteiger partial charge < -0.3 is 25.6 Å². The van der Waals surface area contributed by atoms with Crippen molar-refractivity contribution in [2.24, 2.45) is 0 Å². The molecule has 2 aromatic carbocycles. The van der Waals surface area contributed by atoms with Crippen LogP contribution in [0.3, 0.4) is 0 Å². The first kappa shape index (κ1) is 23.4. The van der Waals surface area contributed by atoms with Crippen LogP contribution in [0.15, 0.2) is 48.5 Å². The Labute approximate surface area is 190 Å². The van der Waals surface area contributed by atoms with Gasteiger partial charge in [-0.3, -0.25) is 4.79 Å². The number of benzene rings is 2. The van der Waals surface area contributed by atoms with Crippen LogP contribution >= 0.6 is 0 Å². The first-order valence-corrected chi connectivity index (χ1v) is 11.4. The van der Waals surface area contributed by atoms with E-state index in [0.29, 0.717) is 11.4 Å². The molecule has 1 heterocycles. The third kappa shape index (κ3) is 6.90. The van der Waals surface area contributed by atoms with Crippen LogP contribution in [0.25, 0.3) is 0 Å². The van der Waals surface area contributed by atoms with Gasteiger partial charge in [-0.1, -0.05) is 20.3 Å². The van der Waals surface area contributed by atoms with Gasteiger partial charge in [-0.25, -0.2) is 4.79 Å². The smallest absolute Gasteiger partial charge is 0.323 e. The lowest BCUT2D eigenvalue weighted by Crippen LogP contribution is -2.35. The number of carbonyl (C=O) groups is 2. The van der Waals surface area contributed by atoms with Crippen LogP contribution in [0, 0.1) is 0 Å². The zero-order valence-corrected chi connectivity index (χ0v) is 19.2. The number of nitrogens with zero attached hydrogens (tertiary/aromatic N) is 1. The average molecular weight is 439 g/mol. The molecule has 7 nitrogen and oxygen atoms in total. The van der Waals surface area contributed by atoms with E-state index in [4.69, 9.17) is 4.74 Å². The Morgan fingerprint density at radius 3 is 2.22 bits per heavy atom. The highest BCUT2D eigenvalue weighted by Gasteiger charge is 2.23. The predicted molar refractivity (Wildman–Crippen MR) is 130 cm³/mol. The molecule has 1 saturated heterocycles. The van der Waals surface area contributed by atoms with Crippen LogP contribution in [0.2, 0.25) is 0 Å². The second kappa shape index (κ2) is 11.4. The standard InChI is InChI=1S/C25H34N4O3/c1-4-6-23(5-2)32-24-13-9-20(10-14-24)28-25(31)27-19-7-11-22(12-8-19)29-16-15-21(17-29)26-18(3)30/h7-14,21,23H,4-6,15-17H2,1-3H3,(H,26,30)(H2,27,28,31). The van der Waals surface area contributed by atoms with Crippen LogP contribution in [0.5, 0.6) is 5.75 Å². The van der Waals surface area contributed by atoms with Gasteiger partial charge in [0.05, 0.1) is 6.10 Å². The normalized spacial score (nSPS) is 16.3. The highest BCUT2D eigenvalue weighted by molar-refractivity contribution is 5.99. The number of amides is 3. The van der Waals surface area contributed by atoms with E-state index in [0.717, 1.165) is 50.2 Å². The summed E-state index contributed by atoms with van der Waals surface area (Å²) in [5, 5.41) is 8.68. The summed E-state index contributed by atoms with van der Waals surface area (Å²) in [6, 6.07) is 15.1. The maximum Gasteiger partial charge on any atom is 0.323 e. The summed E-state index contributed by atoms with van der Waals surface area (Å²) in [5.41, 5.74) is 2.50. The topological polar surface area (TPSA) is 82.7 Å². The van der Waals surface area contributed by atoms with Crippen LogP contribution < -0.4 is 25.6 Å². The molecule has 172 valence electrons. The van der Waals surface area contributed by atoms with Crippen molar-refractivity contribution in [3.8, 4) is 5.75 Å². The van der Waals surface area contributed by atoms with Crippen molar-refractivity contribution in [2.75, 3.05) is 28.6 Å².